The maximum atomic E-state index is 11.8. The van der Waals surface area contributed by atoms with Crippen LogP contribution in [0.1, 0.15) is 0 Å². The lowest BCUT2D eigenvalue weighted by Gasteiger charge is -2.07. The molecule has 0 aliphatic heterocycles. The molecule has 3 nitrogen and oxygen atoms in total. The molecule has 1 heterocycles. The fourth-order valence-corrected chi connectivity index (χ4v) is 2.66. The number of pyridine rings is 1. The zero-order valence-corrected chi connectivity index (χ0v) is 10.6. The first-order chi connectivity index (χ1) is 7.50. The minimum absolute atomic E-state index is 0.191. The average molecular weight is 276 g/mol. The van der Waals surface area contributed by atoms with E-state index in [-0.39, 0.29) is 5.56 Å². The number of fused-ring (bicyclic) bond motifs is 1. The van der Waals surface area contributed by atoms with Crippen LogP contribution in [0, 0.1) is 0 Å². The normalized spacial score (nSPS) is 13.0. The van der Waals surface area contributed by atoms with Crippen molar-refractivity contribution in [2.75, 3.05) is 0 Å². The van der Waals surface area contributed by atoms with Crippen molar-refractivity contribution in [3.8, 4) is 0 Å². The van der Waals surface area contributed by atoms with Gasteiger partial charge in [-0.15, -0.1) is 0 Å². The Kier molecular flexibility index (Phi) is 3.17. The predicted octanol–water partition coefficient (Wildman–Crippen LogP) is 2.45. The molecule has 1 aromatic heterocycles. The van der Waals surface area contributed by atoms with Crippen molar-refractivity contribution in [1.82, 2.24) is 4.57 Å². The molecular formula is C10H7Cl2NO2S. The molecule has 0 spiro atoms. The van der Waals surface area contributed by atoms with Crippen molar-refractivity contribution >= 4 is 43.4 Å². The molecule has 1 atom stereocenters. The van der Waals surface area contributed by atoms with Gasteiger partial charge >= 0.3 is 0 Å². The fraction of sp³-hybridized carbons (Fsp3) is 0.100. The second-order valence-corrected chi connectivity index (χ2v) is 5.49. The predicted molar refractivity (Wildman–Crippen MR) is 66.5 cm³/mol. The Labute approximate surface area is 104 Å². The minimum atomic E-state index is -1.66. The maximum absolute atomic E-state index is 11.8. The van der Waals surface area contributed by atoms with Gasteiger partial charge in [-0.25, -0.2) is 0 Å². The molecule has 6 heteroatoms. The van der Waals surface area contributed by atoms with Gasteiger partial charge in [0.15, 0.2) is 15.6 Å². The van der Waals surface area contributed by atoms with Crippen molar-refractivity contribution in [2.45, 2.75) is 4.90 Å². The third-order valence-electron chi connectivity index (χ3n) is 2.28. The molecule has 0 N–H and O–H groups in total. The van der Waals surface area contributed by atoms with E-state index in [1.54, 1.807) is 25.2 Å². The highest BCUT2D eigenvalue weighted by molar-refractivity contribution is 8.13. The second-order valence-electron chi connectivity index (χ2n) is 3.32. The smallest absolute Gasteiger partial charge is 0.258 e. The van der Waals surface area contributed by atoms with Gasteiger partial charge in [-0.3, -0.25) is 4.79 Å². The first-order valence-electron chi connectivity index (χ1n) is 4.37. The van der Waals surface area contributed by atoms with Gasteiger partial charge in [0.25, 0.3) is 5.56 Å². The van der Waals surface area contributed by atoms with Crippen LogP contribution in [0.5, 0.6) is 0 Å². The number of halogens is 2. The summed E-state index contributed by atoms with van der Waals surface area (Å²) in [5.41, 5.74) is -0.191. The van der Waals surface area contributed by atoms with Crippen LogP contribution in [0.25, 0.3) is 10.8 Å². The van der Waals surface area contributed by atoms with Crippen LogP contribution in [0.3, 0.4) is 0 Å². The Hall–Kier alpha value is -0.680. The second kappa shape index (κ2) is 4.30. The zero-order chi connectivity index (χ0) is 11.9. The van der Waals surface area contributed by atoms with Crippen molar-refractivity contribution in [3.05, 3.63) is 39.8 Å². The Bertz CT molecular complexity index is 610. The van der Waals surface area contributed by atoms with Gasteiger partial charge in [0.2, 0.25) is 0 Å². The van der Waals surface area contributed by atoms with Crippen molar-refractivity contribution in [1.29, 1.82) is 0 Å². The monoisotopic (exact) mass is 275 g/mol. The van der Waals surface area contributed by atoms with Crippen molar-refractivity contribution in [2.24, 2.45) is 7.05 Å². The molecule has 1 unspecified atom stereocenters. The summed E-state index contributed by atoms with van der Waals surface area (Å²) in [5.74, 6) is 0. The summed E-state index contributed by atoms with van der Waals surface area (Å²) >= 11 is 5.82. The average Bonchev–Trinajstić information content (AvgIpc) is 2.23. The van der Waals surface area contributed by atoms with E-state index in [1.807, 2.05) is 0 Å². The van der Waals surface area contributed by atoms with Crippen LogP contribution in [0.2, 0.25) is 5.02 Å². The van der Waals surface area contributed by atoms with Gasteiger partial charge in [-0.2, -0.15) is 0 Å². The Balaban J connectivity index is 2.95. The van der Waals surface area contributed by atoms with Crippen LogP contribution in [0.4, 0.5) is 0 Å². The van der Waals surface area contributed by atoms with Gasteiger partial charge in [0.05, 0.1) is 11.6 Å². The molecule has 16 heavy (non-hydrogen) atoms. The molecular weight excluding hydrogens is 269 g/mol. The highest BCUT2D eigenvalue weighted by Gasteiger charge is 2.16. The highest BCUT2D eigenvalue weighted by Crippen LogP contribution is 2.25. The van der Waals surface area contributed by atoms with Gasteiger partial charge in [0, 0.05) is 17.5 Å². The molecule has 2 aromatic rings. The van der Waals surface area contributed by atoms with Gasteiger partial charge in [-0.05, 0) is 18.2 Å². The van der Waals surface area contributed by atoms with Gasteiger partial charge in [-0.1, -0.05) is 11.6 Å². The minimum Gasteiger partial charge on any atom is -0.594 e. The summed E-state index contributed by atoms with van der Waals surface area (Å²) < 4.78 is 12.7. The number of aromatic nitrogens is 1. The fourth-order valence-electron chi connectivity index (χ4n) is 1.53. The largest absolute Gasteiger partial charge is 0.594 e. The Morgan fingerprint density at radius 3 is 2.69 bits per heavy atom. The third kappa shape index (κ3) is 1.94. The molecule has 0 saturated carbocycles. The lowest BCUT2D eigenvalue weighted by molar-refractivity contribution is 0.608. The molecule has 84 valence electrons. The maximum Gasteiger partial charge on any atom is 0.258 e. The summed E-state index contributed by atoms with van der Waals surface area (Å²) in [5, 5.41) is 1.45. The molecule has 0 fully saturated rings. The number of benzene rings is 1. The number of aryl methyl sites for hydroxylation is 1. The van der Waals surface area contributed by atoms with Crippen LogP contribution >= 0.6 is 22.3 Å². The lowest BCUT2D eigenvalue weighted by atomic mass is 10.2. The van der Waals surface area contributed by atoms with Gasteiger partial charge in [0.1, 0.15) is 10.4 Å². The molecule has 2 rings (SSSR count). The summed E-state index contributed by atoms with van der Waals surface area (Å²) in [7, 11) is 5.49. The first kappa shape index (κ1) is 11.8. The van der Waals surface area contributed by atoms with Crippen molar-refractivity contribution < 1.29 is 4.55 Å². The SMILES string of the molecule is Cn1cc([S+]([O-])Cl)c2ccc(Cl)cc2c1=O. The standard InChI is InChI=1S/C10H7Cl2NO2S/c1-13-5-9(16(12)15)7-3-2-6(11)4-8(7)10(13)14/h2-5H,1H3. The molecule has 0 aliphatic rings. The van der Waals surface area contributed by atoms with Gasteiger partial charge < -0.3 is 9.12 Å². The van der Waals surface area contributed by atoms with Crippen LogP contribution < -0.4 is 5.56 Å². The van der Waals surface area contributed by atoms with E-state index in [0.29, 0.717) is 20.7 Å². The number of rotatable bonds is 1. The van der Waals surface area contributed by atoms with Crippen LogP contribution in [-0.2, 0) is 17.4 Å². The van der Waals surface area contributed by atoms with E-state index in [1.165, 1.54) is 10.8 Å². The quantitative estimate of drug-likeness (QED) is 0.751. The summed E-state index contributed by atoms with van der Waals surface area (Å²) in [6, 6.07) is 4.83. The summed E-state index contributed by atoms with van der Waals surface area (Å²) in [6.45, 7) is 0. The highest BCUT2D eigenvalue weighted by atomic mass is 35.7. The Morgan fingerprint density at radius 2 is 2.06 bits per heavy atom. The number of nitrogens with zero attached hydrogens (tertiary/aromatic N) is 1. The van der Waals surface area contributed by atoms with Crippen molar-refractivity contribution in [3.63, 3.8) is 0 Å². The van der Waals surface area contributed by atoms with Crippen LogP contribution in [0.15, 0.2) is 34.1 Å². The van der Waals surface area contributed by atoms with E-state index in [0.717, 1.165) is 0 Å². The Morgan fingerprint density at radius 1 is 1.38 bits per heavy atom. The topological polar surface area (TPSA) is 45.1 Å². The number of hydrogen-bond acceptors (Lipinski definition) is 2. The molecule has 0 bridgehead atoms. The zero-order valence-electron chi connectivity index (χ0n) is 8.24. The van der Waals surface area contributed by atoms with E-state index in [2.05, 4.69) is 0 Å². The molecule has 0 radical (unpaired) electrons. The lowest BCUT2D eigenvalue weighted by Crippen LogP contribution is -2.17. The molecule has 0 saturated heterocycles. The van der Waals surface area contributed by atoms with E-state index < -0.39 is 10.4 Å². The van der Waals surface area contributed by atoms with E-state index >= 15 is 0 Å². The van der Waals surface area contributed by atoms with E-state index in [9.17, 15) is 9.35 Å². The summed E-state index contributed by atoms with van der Waals surface area (Å²) in [4.78, 5) is 12.2. The van der Waals surface area contributed by atoms with E-state index in [4.69, 9.17) is 22.3 Å². The molecule has 0 amide bonds. The number of hydrogen-bond donors (Lipinski definition) is 0. The first-order valence-corrected chi connectivity index (χ1v) is 6.73. The third-order valence-corrected chi connectivity index (χ3v) is 3.69. The summed E-state index contributed by atoms with van der Waals surface area (Å²) in [6.07, 6.45) is 1.47. The van der Waals surface area contributed by atoms with Crippen LogP contribution in [-0.4, -0.2) is 9.12 Å². The molecule has 1 aromatic carbocycles. The molecule has 0 aliphatic carbocycles.